The van der Waals surface area contributed by atoms with Crippen LogP contribution in [-0.2, 0) is 25.5 Å². The van der Waals surface area contributed by atoms with Crippen LogP contribution in [0.15, 0.2) is 30.3 Å². The van der Waals surface area contributed by atoms with Gasteiger partial charge in [0.15, 0.2) is 6.61 Å². The van der Waals surface area contributed by atoms with E-state index in [-0.39, 0.29) is 25.1 Å². The highest BCUT2D eigenvalue weighted by Gasteiger charge is 2.33. The Kier molecular flexibility index (Phi) is 7.48. The molecule has 0 bridgehead atoms. The third-order valence-corrected chi connectivity index (χ3v) is 5.06. The van der Waals surface area contributed by atoms with Gasteiger partial charge in [-0.25, -0.2) is 4.79 Å². The molecule has 0 N–H and O–H groups in total. The van der Waals surface area contributed by atoms with E-state index < -0.39 is 5.97 Å². The number of ether oxygens (including phenoxy) is 2. The fourth-order valence-corrected chi connectivity index (χ4v) is 3.56. The molecule has 1 fully saturated rings. The summed E-state index contributed by atoms with van der Waals surface area (Å²) >= 11 is 0. The van der Waals surface area contributed by atoms with Gasteiger partial charge in [-0.1, -0.05) is 57.5 Å². The van der Waals surface area contributed by atoms with Crippen LogP contribution in [0.3, 0.4) is 0 Å². The predicted molar refractivity (Wildman–Crippen MR) is 96.9 cm³/mol. The number of carbonyl (C=O) groups excluding carboxylic acids is 2. The molecule has 1 aromatic rings. The summed E-state index contributed by atoms with van der Waals surface area (Å²) in [5.41, 5.74) is 1.08. The van der Waals surface area contributed by atoms with Gasteiger partial charge in [0.1, 0.15) is 6.10 Å². The van der Waals surface area contributed by atoms with Crippen molar-refractivity contribution in [1.29, 1.82) is 0 Å². The smallest absolute Gasteiger partial charge is 0.344 e. The lowest BCUT2D eigenvalue weighted by molar-refractivity contribution is -0.167. The normalized spacial score (nSPS) is 23.3. The molecule has 1 aliphatic carbocycles. The monoisotopic (exact) mass is 346 g/mol. The highest BCUT2D eigenvalue weighted by atomic mass is 16.6. The van der Waals surface area contributed by atoms with Crippen LogP contribution < -0.4 is 0 Å². The average Bonchev–Trinajstić information content (AvgIpc) is 2.59. The summed E-state index contributed by atoms with van der Waals surface area (Å²) < 4.78 is 10.7. The largest absolute Gasteiger partial charge is 0.460 e. The van der Waals surface area contributed by atoms with E-state index in [9.17, 15) is 9.59 Å². The van der Waals surface area contributed by atoms with E-state index in [1.807, 2.05) is 30.3 Å². The van der Waals surface area contributed by atoms with Gasteiger partial charge < -0.3 is 9.47 Å². The second-order valence-corrected chi connectivity index (χ2v) is 7.50. The third-order valence-electron chi connectivity index (χ3n) is 5.06. The molecule has 2 rings (SSSR count). The molecule has 0 aromatic heterocycles. The second-order valence-electron chi connectivity index (χ2n) is 7.50. The Morgan fingerprint density at radius 2 is 1.84 bits per heavy atom. The zero-order valence-corrected chi connectivity index (χ0v) is 15.6. The molecule has 0 unspecified atom stereocenters. The van der Waals surface area contributed by atoms with Crippen molar-refractivity contribution in [2.75, 3.05) is 6.61 Å². The van der Waals surface area contributed by atoms with Crippen LogP contribution in [0.2, 0.25) is 0 Å². The molecule has 1 saturated carbocycles. The first-order valence-corrected chi connectivity index (χ1v) is 9.34. The van der Waals surface area contributed by atoms with Gasteiger partial charge in [-0.05, 0) is 42.6 Å². The minimum atomic E-state index is -0.433. The van der Waals surface area contributed by atoms with Crippen molar-refractivity contribution >= 4 is 11.9 Å². The fraction of sp³-hybridized carbons (Fsp3) is 0.619. The molecule has 138 valence electrons. The highest BCUT2D eigenvalue weighted by Crippen LogP contribution is 2.35. The minimum Gasteiger partial charge on any atom is -0.460 e. The molecule has 4 heteroatoms. The third kappa shape index (κ3) is 6.52. The van der Waals surface area contributed by atoms with Gasteiger partial charge in [0, 0.05) is 6.42 Å². The Hall–Kier alpha value is -1.84. The molecule has 25 heavy (non-hydrogen) atoms. The van der Waals surface area contributed by atoms with E-state index in [1.165, 1.54) is 6.42 Å². The van der Waals surface area contributed by atoms with E-state index in [4.69, 9.17) is 9.47 Å². The van der Waals surface area contributed by atoms with Crippen molar-refractivity contribution in [2.24, 2.45) is 17.8 Å². The number of hydrogen-bond donors (Lipinski definition) is 0. The van der Waals surface area contributed by atoms with Crippen molar-refractivity contribution in [2.45, 2.75) is 59.0 Å². The Bertz CT molecular complexity index is 552. The molecular formula is C21H30O4. The molecular weight excluding hydrogens is 316 g/mol. The van der Waals surface area contributed by atoms with Crippen molar-refractivity contribution in [1.82, 2.24) is 0 Å². The number of carbonyl (C=O) groups is 2. The summed E-state index contributed by atoms with van der Waals surface area (Å²) in [6.45, 7) is 6.25. The fourth-order valence-electron chi connectivity index (χ4n) is 3.56. The molecule has 0 heterocycles. The highest BCUT2D eigenvalue weighted by molar-refractivity contribution is 5.76. The van der Waals surface area contributed by atoms with Gasteiger partial charge in [-0.2, -0.15) is 0 Å². The lowest BCUT2D eigenvalue weighted by Crippen LogP contribution is -2.36. The van der Waals surface area contributed by atoms with Crippen LogP contribution in [0.1, 0.15) is 52.0 Å². The van der Waals surface area contributed by atoms with Crippen molar-refractivity contribution in [3.63, 3.8) is 0 Å². The van der Waals surface area contributed by atoms with Gasteiger partial charge in [-0.3, -0.25) is 4.79 Å². The SMILES string of the molecule is CC(C)[C@@H]1CC[C@@H](C)C[C@H]1OC(=O)COC(=O)CCc1ccccc1. The molecule has 0 spiro atoms. The molecule has 0 amide bonds. The molecule has 0 aliphatic heterocycles. The zero-order chi connectivity index (χ0) is 18.2. The Labute approximate surface area is 150 Å². The van der Waals surface area contributed by atoms with Crippen molar-refractivity contribution in [3.05, 3.63) is 35.9 Å². The Balaban J connectivity index is 1.72. The molecule has 1 aromatic carbocycles. The van der Waals surface area contributed by atoms with Gasteiger partial charge >= 0.3 is 11.9 Å². The summed E-state index contributed by atoms with van der Waals surface area (Å²) in [5, 5.41) is 0. The second kappa shape index (κ2) is 9.59. The van der Waals surface area contributed by atoms with Crippen molar-refractivity contribution in [3.8, 4) is 0 Å². The number of esters is 2. The molecule has 0 saturated heterocycles. The van der Waals surface area contributed by atoms with Crippen LogP contribution >= 0.6 is 0 Å². The quantitative estimate of drug-likeness (QED) is 0.696. The van der Waals surface area contributed by atoms with Gasteiger partial charge in [0.25, 0.3) is 0 Å². The van der Waals surface area contributed by atoms with Gasteiger partial charge in [0.05, 0.1) is 0 Å². The van der Waals surface area contributed by atoms with Crippen LogP contribution in [-0.4, -0.2) is 24.6 Å². The summed E-state index contributed by atoms with van der Waals surface area (Å²) in [4.78, 5) is 23.9. The van der Waals surface area contributed by atoms with E-state index >= 15 is 0 Å². The maximum absolute atomic E-state index is 12.1. The zero-order valence-electron chi connectivity index (χ0n) is 15.6. The van der Waals surface area contributed by atoms with Crippen molar-refractivity contribution < 1.29 is 19.1 Å². The first-order chi connectivity index (χ1) is 12.0. The number of benzene rings is 1. The van der Waals surface area contributed by atoms with E-state index in [1.54, 1.807) is 0 Å². The van der Waals surface area contributed by atoms with Crippen LogP contribution in [0.25, 0.3) is 0 Å². The summed E-state index contributed by atoms with van der Waals surface area (Å²) in [6, 6.07) is 9.76. The Morgan fingerprint density at radius 1 is 1.12 bits per heavy atom. The average molecular weight is 346 g/mol. The number of rotatable bonds is 7. The standard InChI is InChI=1S/C21H30O4/c1-15(2)18-11-9-16(3)13-19(18)25-21(23)14-24-20(22)12-10-17-7-5-4-6-8-17/h4-8,15-16,18-19H,9-14H2,1-3H3/t16-,18+,19-/m1/s1. The Morgan fingerprint density at radius 3 is 2.52 bits per heavy atom. The molecule has 0 radical (unpaired) electrons. The molecule has 3 atom stereocenters. The van der Waals surface area contributed by atoms with E-state index in [0.717, 1.165) is 18.4 Å². The first kappa shape index (κ1) is 19.5. The predicted octanol–water partition coefficient (Wildman–Crippen LogP) is 4.17. The van der Waals surface area contributed by atoms with E-state index in [2.05, 4.69) is 20.8 Å². The van der Waals surface area contributed by atoms with Gasteiger partial charge in [0.2, 0.25) is 0 Å². The lowest BCUT2D eigenvalue weighted by Gasteiger charge is -2.36. The number of aryl methyl sites for hydroxylation is 1. The summed E-state index contributed by atoms with van der Waals surface area (Å²) in [5.74, 6) is 0.657. The summed E-state index contributed by atoms with van der Waals surface area (Å²) in [6.07, 6.45) is 4.01. The van der Waals surface area contributed by atoms with Crippen LogP contribution in [0.5, 0.6) is 0 Å². The first-order valence-electron chi connectivity index (χ1n) is 9.34. The minimum absolute atomic E-state index is 0.0562. The number of hydrogen-bond acceptors (Lipinski definition) is 4. The van der Waals surface area contributed by atoms with Crippen LogP contribution in [0, 0.1) is 17.8 Å². The molecule has 4 nitrogen and oxygen atoms in total. The lowest BCUT2D eigenvalue weighted by atomic mass is 9.75. The molecule has 1 aliphatic rings. The maximum Gasteiger partial charge on any atom is 0.344 e. The topological polar surface area (TPSA) is 52.6 Å². The van der Waals surface area contributed by atoms with Crippen LogP contribution in [0.4, 0.5) is 0 Å². The van der Waals surface area contributed by atoms with E-state index in [0.29, 0.717) is 24.2 Å². The van der Waals surface area contributed by atoms with Gasteiger partial charge in [-0.15, -0.1) is 0 Å². The summed E-state index contributed by atoms with van der Waals surface area (Å²) in [7, 11) is 0. The maximum atomic E-state index is 12.1.